The van der Waals surface area contributed by atoms with E-state index in [4.69, 9.17) is 11.6 Å². The van der Waals surface area contributed by atoms with Gasteiger partial charge < -0.3 is 5.11 Å². The Balaban J connectivity index is 2.05. The minimum absolute atomic E-state index is 0.183. The van der Waals surface area contributed by atoms with E-state index >= 15 is 0 Å². The third-order valence-corrected chi connectivity index (χ3v) is 5.43. The average molecular weight is 392 g/mol. The van der Waals surface area contributed by atoms with Crippen molar-refractivity contribution in [3.05, 3.63) is 99.5 Å². The summed E-state index contributed by atoms with van der Waals surface area (Å²) in [5, 5.41) is 14.6. The molecular formula is C22H14ClNO2S. The Bertz CT molecular complexity index is 1140. The first-order chi connectivity index (χ1) is 13.1. The average Bonchev–Trinajstić information content (AvgIpc) is 2.70. The van der Waals surface area contributed by atoms with Crippen molar-refractivity contribution in [3.8, 4) is 33.3 Å². The molecular weight excluding hydrogens is 378 g/mol. The molecule has 4 rings (SSSR count). The lowest BCUT2D eigenvalue weighted by Gasteiger charge is -2.14. The molecule has 0 aliphatic rings. The molecule has 132 valence electrons. The number of aromatic nitrogens is 1. The quantitative estimate of drug-likeness (QED) is 0.484. The van der Waals surface area contributed by atoms with Crippen LogP contribution in [0.3, 0.4) is 0 Å². The minimum Gasteiger partial charge on any atom is -0.822 e. The molecule has 0 fully saturated rings. The Morgan fingerprint density at radius 2 is 1.37 bits per heavy atom. The maximum Gasteiger partial charge on any atom is 0.277 e. The van der Waals surface area contributed by atoms with Crippen LogP contribution >= 0.6 is 22.9 Å². The van der Waals surface area contributed by atoms with Crippen molar-refractivity contribution in [1.29, 1.82) is 0 Å². The Morgan fingerprint density at radius 1 is 0.778 bits per heavy atom. The van der Waals surface area contributed by atoms with Gasteiger partial charge in [0.1, 0.15) is 0 Å². The Hall–Kier alpha value is -2.95. The van der Waals surface area contributed by atoms with Gasteiger partial charge in [0.25, 0.3) is 9.75 Å². The molecule has 0 saturated carbocycles. The van der Waals surface area contributed by atoms with Gasteiger partial charge in [0, 0.05) is 17.2 Å². The predicted molar refractivity (Wildman–Crippen MR) is 107 cm³/mol. The zero-order valence-corrected chi connectivity index (χ0v) is 15.7. The number of nitrogens with zero attached hydrogens (tertiary/aromatic N) is 1. The molecule has 4 aromatic rings. The molecule has 0 radical (unpaired) electrons. The lowest BCUT2D eigenvalue weighted by atomic mass is 10.1. The first-order valence-corrected chi connectivity index (χ1v) is 9.51. The van der Waals surface area contributed by atoms with Gasteiger partial charge in [-0.05, 0) is 41.2 Å². The number of benzene rings is 3. The van der Waals surface area contributed by atoms with Gasteiger partial charge in [-0.2, -0.15) is 4.57 Å². The summed E-state index contributed by atoms with van der Waals surface area (Å²) in [7, 11) is 0. The highest BCUT2D eigenvalue weighted by Crippen LogP contribution is 2.28. The molecule has 3 aromatic carbocycles. The number of rotatable bonds is 3. The van der Waals surface area contributed by atoms with Crippen LogP contribution in [-0.2, 0) is 0 Å². The van der Waals surface area contributed by atoms with E-state index in [9.17, 15) is 9.90 Å². The van der Waals surface area contributed by atoms with Gasteiger partial charge >= 0.3 is 0 Å². The molecule has 27 heavy (non-hydrogen) atoms. The molecule has 3 nitrogen and oxygen atoms in total. The second kappa shape index (κ2) is 7.35. The lowest BCUT2D eigenvalue weighted by molar-refractivity contribution is -0.638. The molecule has 1 aromatic heterocycles. The number of halogens is 1. The van der Waals surface area contributed by atoms with E-state index in [2.05, 4.69) is 0 Å². The van der Waals surface area contributed by atoms with Crippen LogP contribution in [0.25, 0.3) is 27.4 Å². The highest BCUT2D eigenvalue weighted by atomic mass is 35.5. The largest absolute Gasteiger partial charge is 0.822 e. The fraction of sp³-hybridized carbons (Fsp3) is 0. The first-order valence-electron chi connectivity index (χ1n) is 8.32. The summed E-state index contributed by atoms with van der Waals surface area (Å²) in [5.74, 6) is -0.332. The van der Waals surface area contributed by atoms with Gasteiger partial charge in [0.2, 0.25) is 5.69 Å². The molecule has 1 heterocycles. The van der Waals surface area contributed by atoms with Crippen molar-refractivity contribution in [2.24, 2.45) is 0 Å². The Kier molecular flexibility index (Phi) is 4.75. The van der Waals surface area contributed by atoms with Crippen molar-refractivity contribution < 1.29 is 9.67 Å². The highest BCUT2D eigenvalue weighted by molar-refractivity contribution is 7.12. The fourth-order valence-corrected chi connectivity index (χ4v) is 4.06. The second-order valence-corrected chi connectivity index (χ2v) is 7.32. The summed E-state index contributed by atoms with van der Waals surface area (Å²) < 4.78 is 1.33. The van der Waals surface area contributed by atoms with Gasteiger partial charge in [0.15, 0.2) is 5.88 Å². The van der Waals surface area contributed by atoms with Crippen LogP contribution in [0.4, 0.5) is 0 Å². The number of hydrogen-bond acceptors (Lipinski definition) is 3. The van der Waals surface area contributed by atoms with Gasteiger partial charge in [0.05, 0.1) is 11.1 Å². The maximum atomic E-state index is 13.4. The molecule has 0 N–H and O–H groups in total. The van der Waals surface area contributed by atoms with E-state index in [0.29, 0.717) is 21.3 Å². The maximum absolute atomic E-state index is 13.4. The molecule has 0 aliphatic carbocycles. The molecule has 0 amide bonds. The van der Waals surface area contributed by atoms with E-state index in [1.807, 2.05) is 60.7 Å². The van der Waals surface area contributed by atoms with Gasteiger partial charge in [-0.25, -0.2) is 0 Å². The van der Waals surface area contributed by atoms with Crippen LogP contribution in [0, 0.1) is 0 Å². The monoisotopic (exact) mass is 391 g/mol. The van der Waals surface area contributed by atoms with Crippen LogP contribution in [-0.4, -0.2) is 0 Å². The van der Waals surface area contributed by atoms with E-state index in [1.54, 1.807) is 28.8 Å². The normalized spacial score (nSPS) is 10.7. The Morgan fingerprint density at radius 3 is 2.00 bits per heavy atom. The first kappa shape index (κ1) is 17.5. The third kappa shape index (κ3) is 3.37. The summed E-state index contributed by atoms with van der Waals surface area (Å²) in [4.78, 5) is 12.9. The Labute approximate surface area is 165 Å². The van der Waals surface area contributed by atoms with Crippen LogP contribution in [0.15, 0.2) is 89.7 Å². The molecule has 0 bridgehead atoms. The standard InChI is InChI=1S/C22H14ClNO2S/c23-17-13-11-16(12-14-17)21-24(18-9-5-2-6-10-18)20(25)19(22(26)27-21)15-7-3-1-4-8-15/h1-14H. The predicted octanol–water partition coefficient (Wildman–Crippen LogP) is 4.45. The summed E-state index contributed by atoms with van der Waals surface area (Å²) in [6.45, 7) is 0. The topological polar surface area (TPSA) is 44.0 Å². The van der Waals surface area contributed by atoms with E-state index in [-0.39, 0.29) is 16.2 Å². The van der Waals surface area contributed by atoms with Gasteiger partial charge in [-0.3, -0.25) is 4.79 Å². The van der Waals surface area contributed by atoms with E-state index < -0.39 is 0 Å². The summed E-state index contributed by atoms with van der Waals surface area (Å²) in [6, 6.07) is 25.5. The molecule has 0 saturated heterocycles. The van der Waals surface area contributed by atoms with Gasteiger partial charge in [-0.1, -0.05) is 60.1 Å². The smallest absolute Gasteiger partial charge is 0.277 e. The highest BCUT2D eigenvalue weighted by Gasteiger charge is 2.24. The molecule has 5 heteroatoms. The van der Waals surface area contributed by atoms with Crippen LogP contribution in [0.5, 0.6) is 5.88 Å². The van der Waals surface area contributed by atoms with Crippen LogP contribution in [0.1, 0.15) is 0 Å². The van der Waals surface area contributed by atoms with E-state index in [0.717, 1.165) is 16.9 Å². The number of para-hydroxylation sites is 1. The van der Waals surface area contributed by atoms with Crippen molar-refractivity contribution in [2.45, 2.75) is 0 Å². The minimum atomic E-state index is -0.332. The van der Waals surface area contributed by atoms with Gasteiger partial charge in [-0.15, -0.1) is 0 Å². The fourth-order valence-electron chi connectivity index (χ4n) is 2.91. The SMILES string of the molecule is O=c1sc(-c2ccc(Cl)cc2)[n+](-c2ccccc2)c([O-])c1-c1ccccc1. The zero-order chi connectivity index (χ0) is 18.8. The van der Waals surface area contributed by atoms with Crippen LogP contribution in [0.2, 0.25) is 5.02 Å². The molecule has 0 atom stereocenters. The second-order valence-electron chi connectivity index (χ2n) is 5.92. The zero-order valence-electron chi connectivity index (χ0n) is 14.1. The van der Waals surface area contributed by atoms with Crippen molar-refractivity contribution in [3.63, 3.8) is 0 Å². The van der Waals surface area contributed by atoms with Crippen molar-refractivity contribution >= 4 is 22.9 Å². The van der Waals surface area contributed by atoms with Crippen LogP contribution < -0.4 is 14.4 Å². The van der Waals surface area contributed by atoms with E-state index in [1.165, 1.54) is 0 Å². The van der Waals surface area contributed by atoms with Crippen molar-refractivity contribution in [1.82, 2.24) is 0 Å². The summed E-state index contributed by atoms with van der Waals surface area (Å²) in [6.07, 6.45) is 0. The summed E-state index contributed by atoms with van der Waals surface area (Å²) >= 11 is 7.05. The molecule has 0 aliphatic heterocycles. The van der Waals surface area contributed by atoms with Crippen molar-refractivity contribution in [2.75, 3.05) is 0 Å². The third-order valence-electron chi connectivity index (χ3n) is 4.18. The molecule has 0 unspecified atom stereocenters. The summed E-state index contributed by atoms with van der Waals surface area (Å²) in [5.41, 5.74) is 2.28. The lowest BCUT2D eigenvalue weighted by Crippen LogP contribution is -2.39. The number of hydrogen-bond donors (Lipinski definition) is 0. The molecule has 0 spiro atoms.